The van der Waals surface area contributed by atoms with Gasteiger partial charge in [-0.2, -0.15) is 17.4 Å². The molecule has 1 amide bonds. The molecule has 0 radical (unpaired) electrons. The fourth-order valence-electron chi connectivity index (χ4n) is 2.21. The molecule has 20 heavy (non-hydrogen) atoms. The van der Waals surface area contributed by atoms with E-state index in [1.54, 1.807) is 24.3 Å². The van der Waals surface area contributed by atoms with Gasteiger partial charge < -0.3 is 5.32 Å². The zero-order chi connectivity index (χ0) is 14.6. The van der Waals surface area contributed by atoms with Gasteiger partial charge in [0, 0.05) is 20.1 Å². The Balaban J connectivity index is 2.22. The largest absolute Gasteiger partial charge is 0.357 e. The van der Waals surface area contributed by atoms with Crippen LogP contribution in [0.15, 0.2) is 30.3 Å². The number of rotatable bonds is 5. The standard InChI is InChI=1S/C13H19N3O3S/c1-14-13(17)12(11-7-3-2-4-8-11)15-20(18,19)16-9-5-6-10-16/h2-4,7-8,12,15H,5-6,9-10H2,1H3,(H,14,17). The third-order valence-corrected chi connectivity index (χ3v) is 4.89. The Kier molecular flexibility index (Phi) is 4.74. The van der Waals surface area contributed by atoms with Crippen LogP contribution in [0, 0.1) is 0 Å². The van der Waals surface area contributed by atoms with Crippen LogP contribution in [-0.4, -0.2) is 38.8 Å². The summed E-state index contributed by atoms with van der Waals surface area (Å²) in [5.74, 6) is -0.376. The molecule has 0 aromatic heterocycles. The quantitative estimate of drug-likeness (QED) is 0.826. The fraction of sp³-hybridized carbons (Fsp3) is 0.462. The first-order valence-corrected chi connectivity index (χ1v) is 8.02. The second kappa shape index (κ2) is 6.34. The van der Waals surface area contributed by atoms with Crippen molar-refractivity contribution < 1.29 is 13.2 Å². The van der Waals surface area contributed by atoms with E-state index in [1.165, 1.54) is 11.4 Å². The Hall–Kier alpha value is -1.44. The van der Waals surface area contributed by atoms with Crippen molar-refractivity contribution in [1.82, 2.24) is 14.3 Å². The Morgan fingerprint density at radius 1 is 1.20 bits per heavy atom. The molecule has 1 fully saturated rings. The Bertz CT molecular complexity index is 553. The summed E-state index contributed by atoms with van der Waals surface area (Å²) >= 11 is 0. The molecule has 0 spiro atoms. The molecule has 1 aliphatic rings. The maximum absolute atomic E-state index is 12.3. The second-order valence-electron chi connectivity index (χ2n) is 4.69. The lowest BCUT2D eigenvalue weighted by Gasteiger charge is -2.22. The van der Waals surface area contributed by atoms with Crippen molar-refractivity contribution in [3.8, 4) is 0 Å². The highest BCUT2D eigenvalue weighted by Crippen LogP contribution is 2.17. The van der Waals surface area contributed by atoms with E-state index in [0.717, 1.165) is 12.8 Å². The molecule has 0 aliphatic carbocycles. The lowest BCUT2D eigenvalue weighted by molar-refractivity contribution is -0.122. The van der Waals surface area contributed by atoms with Gasteiger partial charge in [0.25, 0.3) is 10.2 Å². The maximum atomic E-state index is 12.3. The van der Waals surface area contributed by atoms with Crippen LogP contribution in [-0.2, 0) is 15.0 Å². The number of hydrogen-bond acceptors (Lipinski definition) is 3. The smallest absolute Gasteiger partial charge is 0.280 e. The van der Waals surface area contributed by atoms with E-state index < -0.39 is 16.3 Å². The van der Waals surface area contributed by atoms with E-state index in [0.29, 0.717) is 18.7 Å². The van der Waals surface area contributed by atoms with Crippen LogP contribution in [0.2, 0.25) is 0 Å². The Labute approximate surface area is 119 Å². The molecular weight excluding hydrogens is 278 g/mol. The molecule has 1 aromatic rings. The summed E-state index contributed by atoms with van der Waals surface area (Å²) in [5.41, 5.74) is 0.620. The number of carbonyl (C=O) groups is 1. The minimum Gasteiger partial charge on any atom is -0.357 e. The van der Waals surface area contributed by atoms with Crippen LogP contribution in [0.25, 0.3) is 0 Å². The average molecular weight is 297 g/mol. The van der Waals surface area contributed by atoms with E-state index in [9.17, 15) is 13.2 Å². The first-order chi connectivity index (χ1) is 9.54. The average Bonchev–Trinajstić information content (AvgIpc) is 3.00. The molecule has 0 bridgehead atoms. The van der Waals surface area contributed by atoms with E-state index in [1.807, 2.05) is 6.07 Å². The van der Waals surface area contributed by atoms with Gasteiger partial charge in [-0.1, -0.05) is 30.3 Å². The van der Waals surface area contributed by atoms with Crippen LogP contribution >= 0.6 is 0 Å². The number of amides is 1. The molecule has 0 saturated carbocycles. The van der Waals surface area contributed by atoms with Crippen molar-refractivity contribution >= 4 is 16.1 Å². The second-order valence-corrected chi connectivity index (χ2v) is 6.39. The molecule has 1 aliphatic heterocycles. The third-order valence-electron chi connectivity index (χ3n) is 3.31. The van der Waals surface area contributed by atoms with Crippen molar-refractivity contribution in [2.45, 2.75) is 18.9 Å². The highest BCUT2D eigenvalue weighted by Gasteiger charge is 2.31. The van der Waals surface area contributed by atoms with Crippen molar-refractivity contribution in [2.75, 3.05) is 20.1 Å². The van der Waals surface area contributed by atoms with Gasteiger partial charge in [0.2, 0.25) is 5.91 Å². The molecule has 1 atom stereocenters. The summed E-state index contributed by atoms with van der Waals surface area (Å²) < 4.78 is 28.4. The summed E-state index contributed by atoms with van der Waals surface area (Å²) in [5, 5.41) is 2.49. The molecule has 2 rings (SSSR count). The van der Waals surface area contributed by atoms with Crippen molar-refractivity contribution in [3.63, 3.8) is 0 Å². The van der Waals surface area contributed by atoms with Crippen LogP contribution in [0.5, 0.6) is 0 Å². The molecule has 7 heteroatoms. The normalized spacial score (nSPS) is 17.9. The fourth-order valence-corrected chi connectivity index (χ4v) is 3.64. The van der Waals surface area contributed by atoms with E-state index in [2.05, 4.69) is 10.0 Å². The minimum atomic E-state index is -3.64. The predicted molar refractivity (Wildman–Crippen MR) is 76.1 cm³/mol. The van der Waals surface area contributed by atoms with Crippen LogP contribution in [0.1, 0.15) is 24.4 Å². The SMILES string of the molecule is CNC(=O)C(NS(=O)(=O)N1CCCC1)c1ccccc1. The van der Waals surface area contributed by atoms with E-state index >= 15 is 0 Å². The Morgan fingerprint density at radius 3 is 2.35 bits per heavy atom. The molecule has 6 nitrogen and oxygen atoms in total. The lowest BCUT2D eigenvalue weighted by atomic mass is 10.1. The topological polar surface area (TPSA) is 78.5 Å². The number of nitrogens with one attached hydrogen (secondary N) is 2. The number of benzene rings is 1. The summed E-state index contributed by atoms with van der Waals surface area (Å²) in [4.78, 5) is 11.9. The summed E-state index contributed by atoms with van der Waals surface area (Å²) in [6, 6.07) is 7.91. The zero-order valence-electron chi connectivity index (χ0n) is 11.4. The van der Waals surface area contributed by atoms with Gasteiger partial charge in [-0.3, -0.25) is 4.79 Å². The van der Waals surface area contributed by atoms with Gasteiger partial charge in [0.15, 0.2) is 0 Å². The number of carbonyl (C=O) groups excluding carboxylic acids is 1. The van der Waals surface area contributed by atoms with Gasteiger partial charge in [0.1, 0.15) is 6.04 Å². The monoisotopic (exact) mass is 297 g/mol. The first kappa shape index (κ1) is 15.0. The van der Waals surface area contributed by atoms with Gasteiger partial charge in [0.05, 0.1) is 0 Å². The maximum Gasteiger partial charge on any atom is 0.280 e. The van der Waals surface area contributed by atoms with E-state index in [4.69, 9.17) is 0 Å². The molecule has 2 N–H and O–H groups in total. The van der Waals surface area contributed by atoms with Crippen molar-refractivity contribution in [1.29, 1.82) is 0 Å². The van der Waals surface area contributed by atoms with Gasteiger partial charge >= 0.3 is 0 Å². The molecule has 1 unspecified atom stereocenters. The van der Waals surface area contributed by atoms with Crippen molar-refractivity contribution in [2.24, 2.45) is 0 Å². The molecule has 110 valence electrons. The predicted octanol–water partition coefficient (Wildman–Crippen LogP) is 0.404. The highest BCUT2D eigenvalue weighted by atomic mass is 32.2. The van der Waals surface area contributed by atoms with Gasteiger partial charge in [-0.15, -0.1) is 0 Å². The van der Waals surface area contributed by atoms with Gasteiger partial charge in [-0.25, -0.2) is 0 Å². The Morgan fingerprint density at radius 2 is 1.80 bits per heavy atom. The lowest BCUT2D eigenvalue weighted by Crippen LogP contribution is -2.45. The van der Waals surface area contributed by atoms with Crippen LogP contribution < -0.4 is 10.0 Å². The van der Waals surface area contributed by atoms with Crippen LogP contribution in [0.4, 0.5) is 0 Å². The first-order valence-electron chi connectivity index (χ1n) is 6.58. The number of nitrogens with zero attached hydrogens (tertiary/aromatic N) is 1. The summed E-state index contributed by atoms with van der Waals surface area (Å²) in [6.07, 6.45) is 1.72. The number of likely N-dealkylation sites (N-methyl/N-ethyl adjacent to an activating group) is 1. The van der Waals surface area contributed by atoms with E-state index in [-0.39, 0.29) is 5.91 Å². The minimum absolute atomic E-state index is 0.376. The molecule has 1 saturated heterocycles. The summed E-state index contributed by atoms with van der Waals surface area (Å²) in [6.45, 7) is 1.01. The third kappa shape index (κ3) is 3.36. The molecular formula is C13H19N3O3S. The zero-order valence-corrected chi connectivity index (χ0v) is 12.2. The molecule has 1 heterocycles. The summed E-state index contributed by atoms with van der Waals surface area (Å²) in [7, 11) is -2.15. The van der Waals surface area contributed by atoms with Gasteiger partial charge in [-0.05, 0) is 18.4 Å². The molecule has 1 aromatic carbocycles. The van der Waals surface area contributed by atoms with Crippen molar-refractivity contribution in [3.05, 3.63) is 35.9 Å². The highest BCUT2D eigenvalue weighted by molar-refractivity contribution is 7.87. The van der Waals surface area contributed by atoms with Crippen LogP contribution in [0.3, 0.4) is 0 Å². The number of hydrogen-bond donors (Lipinski definition) is 2.